The van der Waals surface area contributed by atoms with Gasteiger partial charge in [0.15, 0.2) is 0 Å². The molecule has 47 heavy (non-hydrogen) atoms. The van der Waals surface area contributed by atoms with Gasteiger partial charge in [0, 0.05) is 10.9 Å². The molecule has 0 aliphatic carbocycles. The lowest BCUT2D eigenvalue weighted by molar-refractivity contribution is 0.488. The average Bonchev–Trinajstić information content (AvgIpc) is 3.21. The quantitative estimate of drug-likeness (QED) is 0.179. The zero-order valence-electron chi connectivity index (χ0n) is 33.7. The van der Waals surface area contributed by atoms with E-state index in [1.54, 1.807) is 0 Å². The van der Waals surface area contributed by atoms with Gasteiger partial charge in [-0.25, -0.2) is 0 Å². The summed E-state index contributed by atoms with van der Waals surface area (Å²) < 4.78 is 86.6. The van der Waals surface area contributed by atoms with Crippen LogP contribution in [0.4, 0.5) is 0 Å². The fourth-order valence-electron chi connectivity index (χ4n) is 7.59. The van der Waals surface area contributed by atoms with Gasteiger partial charge in [0.1, 0.15) is 11.5 Å². The van der Waals surface area contributed by atoms with Crippen LogP contribution < -0.4 is 4.74 Å². The van der Waals surface area contributed by atoms with Gasteiger partial charge >= 0.3 is 0 Å². The van der Waals surface area contributed by atoms with Crippen LogP contribution in [-0.2, 0) is 0 Å². The third kappa shape index (κ3) is 3.43. The molecule has 0 saturated heterocycles. The molecule has 0 aromatic heterocycles. The molecule has 11 rings (SSSR count). The van der Waals surface area contributed by atoms with Crippen LogP contribution in [0.15, 0.2) is 158 Å². The number of hydrogen-bond acceptors (Lipinski definition) is 1. The Morgan fingerprint density at radius 3 is 2.04 bits per heavy atom. The van der Waals surface area contributed by atoms with Crippen molar-refractivity contribution in [2.24, 2.45) is 0 Å². The van der Waals surface area contributed by atoms with Gasteiger partial charge in [0.2, 0.25) is 0 Å². The zero-order valence-corrected chi connectivity index (χ0v) is 24.7. The summed E-state index contributed by atoms with van der Waals surface area (Å²) in [6, 6.07) is 31.3. The molecule has 0 spiro atoms. The minimum Gasteiger partial charge on any atom is -0.456 e. The molecule has 0 N–H and O–H groups in total. The monoisotopic (exact) mass is 603 g/mol. The van der Waals surface area contributed by atoms with E-state index in [-0.39, 0.29) is 68.1 Å². The van der Waals surface area contributed by atoms with E-state index in [1.165, 1.54) is 0 Å². The third-order valence-corrected chi connectivity index (χ3v) is 9.65. The van der Waals surface area contributed by atoms with Crippen molar-refractivity contribution in [1.82, 2.24) is 0 Å². The van der Waals surface area contributed by atoms with Crippen molar-refractivity contribution in [1.29, 1.82) is 0 Å². The Bertz CT molecular complexity index is 3420. The summed E-state index contributed by atoms with van der Waals surface area (Å²) in [4.78, 5) is 0. The molecule has 0 amide bonds. The highest BCUT2D eigenvalue weighted by Gasteiger charge is 2.24. The van der Waals surface area contributed by atoms with E-state index < -0.39 is 24.2 Å². The first-order valence-corrected chi connectivity index (χ1v) is 15.5. The molecule has 0 fully saturated rings. The first kappa shape index (κ1) is 18.1. The SMILES string of the molecule is [2H]c1c([2H])c2c([2H])c([2H])c3c([2H])c([2H])c(-c4ccc5c(-c6ccc7c8c(cccc68)-c6c(ccc8ccccc68)O7)cccc5c4)c4c([2H])c([2H])c(c1[2H])c2c34. The molecule has 1 heterocycles. The minimum absolute atomic E-state index is 0.0354. The Labute approximate surface area is 283 Å². The molecule has 0 bridgehead atoms. The van der Waals surface area contributed by atoms with E-state index in [9.17, 15) is 2.74 Å². The molecule has 1 nitrogen and oxygen atoms in total. The Balaban J connectivity index is 1.16. The van der Waals surface area contributed by atoms with E-state index in [0.29, 0.717) is 5.56 Å². The summed E-state index contributed by atoms with van der Waals surface area (Å²) in [5.41, 5.74) is 4.92. The molecule has 10 aromatic rings. The van der Waals surface area contributed by atoms with Crippen LogP contribution >= 0.6 is 0 Å². The summed E-state index contributed by atoms with van der Waals surface area (Å²) in [6.45, 7) is 0. The highest BCUT2D eigenvalue weighted by Crippen LogP contribution is 2.51. The lowest BCUT2D eigenvalue weighted by atomic mass is 9.86. The summed E-state index contributed by atoms with van der Waals surface area (Å²) in [6.07, 6.45) is 0. The van der Waals surface area contributed by atoms with Crippen molar-refractivity contribution < 1.29 is 17.1 Å². The Hall–Kier alpha value is -6.18. The van der Waals surface area contributed by atoms with Crippen molar-refractivity contribution in [3.8, 4) is 44.9 Å². The smallest absolute Gasteiger partial charge is 0.135 e. The van der Waals surface area contributed by atoms with Gasteiger partial charge in [-0.05, 0) is 105 Å². The highest BCUT2D eigenvalue weighted by molar-refractivity contribution is 6.25. The topological polar surface area (TPSA) is 9.23 Å². The number of hydrogen-bond donors (Lipinski definition) is 0. The highest BCUT2D eigenvalue weighted by atomic mass is 16.5. The summed E-state index contributed by atoms with van der Waals surface area (Å²) in [7, 11) is 0. The Kier molecular flexibility index (Phi) is 3.54. The second-order valence-electron chi connectivity index (χ2n) is 12.1. The van der Waals surface area contributed by atoms with Gasteiger partial charge in [-0.1, -0.05) is 139 Å². The van der Waals surface area contributed by atoms with Crippen LogP contribution in [-0.4, -0.2) is 0 Å². The predicted molar refractivity (Wildman–Crippen MR) is 199 cm³/mol. The van der Waals surface area contributed by atoms with Crippen molar-refractivity contribution in [2.45, 2.75) is 0 Å². The zero-order chi connectivity index (χ0) is 38.5. The van der Waals surface area contributed by atoms with Crippen LogP contribution in [0.2, 0.25) is 0 Å². The van der Waals surface area contributed by atoms with E-state index in [0.717, 1.165) is 66.1 Å². The largest absolute Gasteiger partial charge is 0.456 e. The van der Waals surface area contributed by atoms with Crippen LogP contribution in [0.3, 0.4) is 0 Å². The molecule has 0 atom stereocenters. The maximum Gasteiger partial charge on any atom is 0.135 e. The van der Waals surface area contributed by atoms with E-state index >= 15 is 0 Å². The lowest BCUT2D eigenvalue weighted by Gasteiger charge is -2.24. The Morgan fingerprint density at radius 2 is 1.11 bits per heavy atom. The molecule has 0 unspecified atom stereocenters. The fraction of sp³-hybridized carbons (Fsp3) is 0. The van der Waals surface area contributed by atoms with E-state index in [1.807, 2.05) is 54.6 Å². The first-order chi connectivity index (χ1) is 27.1. The molecule has 1 aliphatic heterocycles. The van der Waals surface area contributed by atoms with Gasteiger partial charge < -0.3 is 4.74 Å². The molecule has 0 radical (unpaired) electrons. The predicted octanol–water partition coefficient (Wildman–Crippen LogP) is 13.2. The van der Waals surface area contributed by atoms with Crippen molar-refractivity contribution >= 4 is 64.6 Å². The van der Waals surface area contributed by atoms with Gasteiger partial charge in [-0.15, -0.1) is 0 Å². The average molecular weight is 604 g/mol. The normalized spacial score (nSPS) is 15.1. The number of benzene rings is 10. The van der Waals surface area contributed by atoms with Gasteiger partial charge in [-0.3, -0.25) is 0 Å². The second-order valence-corrected chi connectivity index (χ2v) is 12.1. The lowest BCUT2D eigenvalue weighted by Crippen LogP contribution is -1.98. The molecule has 216 valence electrons. The van der Waals surface area contributed by atoms with Crippen molar-refractivity contribution in [3.05, 3.63) is 158 Å². The van der Waals surface area contributed by atoms with Gasteiger partial charge in [-0.2, -0.15) is 0 Å². The first-order valence-electron chi connectivity index (χ1n) is 20.0. The minimum atomic E-state index is -0.490. The molecule has 1 aliphatic rings. The Morgan fingerprint density at radius 1 is 0.383 bits per heavy atom. The van der Waals surface area contributed by atoms with Gasteiger partial charge in [0.25, 0.3) is 0 Å². The van der Waals surface area contributed by atoms with Gasteiger partial charge in [0.05, 0.1) is 12.3 Å². The number of ether oxygens (including phenoxy) is 1. The molecule has 10 aromatic carbocycles. The van der Waals surface area contributed by atoms with E-state index in [4.69, 9.17) is 14.3 Å². The fourth-order valence-corrected chi connectivity index (χ4v) is 7.59. The summed E-state index contributed by atoms with van der Waals surface area (Å²) >= 11 is 0. The van der Waals surface area contributed by atoms with Crippen LogP contribution in [0.5, 0.6) is 11.5 Å². The molecular weight excluding hydrogens is 569 g/mol. The maximum atomic E-state index is 9.26. The van der Waals surface area contributed by atoms with Crippen LogP contribution in [0.1, 0.15) is 12.3 Å². The summed E-state index contributed by atoms with van der Waals surface area (Å²) in [5, 5.41) is 6.44. The maximum absolute atomic E-state index is 9.26. The second kappa shape index (κ2) is 9.19. The molecular formula is C46H26O. The van der Waals surface area contributed by atoms with E-state index in [2.05, 4.69) is 48.5 Å². The van der Waals surface area contributed by atoms with Crippen molar-refractivity contribution in [2.75, 3.05) is 0 Å². The summed E-state index contributed by atoms with van der Waals surface area (Å²) in [5.74, 6) is 1.61. The van der Waals surface area contributed by atoms with Crippen LogP contribution in [0, 0.1) is 0 Å². The third-order valence-electron chi connectivity index (χ3n) is 9.65. The van der Waals surface area contributed by atoms with Crippen molar-refractivity contribution in [3.63, 3.8) is 0 Å². The van der Waals surface area contributed by atoms with Crippen LogP contribution in [0.25, 0.3) is 98.0 Å². The molecule has 1 heteroatoms. The molecule has 0 saturated carbocycles. The standard InChI is InChI=1S/C46H26O/c1-2-10-35-27(6-1)19-24-41-45(35)40-13-5-12-38-37(23-25-42(47-41)46(38)40)36-11-4-9-31-26-32(18-21-33(31)36)34-20-16-30-15-14-28-7-3-8-29-17-22-39(34)44(30)43(28)29/h1-26H/i3D,7D,8D,14D,15D,16D,17D,20D,22D. The number of rotatable bonds is 2. The number of fused-ring (bicyclic) bond motifs is 5.